The molecule has 2 aromatic rings. The normalized spacial score (nSPS) is 20.9. The number of benzene rings is 1. The Morgan fingerprint density at radius 1 is 1.07 bits per heavy atom. The molecular weight excluding hydrogens is 408 g/mol. The van der Waals surface area contributed by atoms with Crippen LogP contribution >= 0.6 is 11.8 Å². The van der Waals surface area contributed by atoms with Crippen molar-refractivity contribution in [2.75, 3.05) is 38.5 Å². The maximum atomic E-state index is 12.8. The van der Waals surface area contributed by atoms with E-state index in [1.165, 1.54) is 11.8 Å². The summed E-state index contributed by atoms with van der Waals surface area (Å²) in [5.41, 5.74) is 0. The number of piperazine rings is 1. The molecular formula is C19H22N6O4S. The Morgan fingerprint density at radius 2 is 1.80 bits per heavy atom. The number of hydrogen-bond acceptors (Lipinski definition) is 8. The van der Waals surface area contributed by atoms with Crippen LogP contribution in [0.2, 0.25) is 0 Å². The second-order valence-electron chi connectivity index (χ2n) is 7.50. The topological polar surface area (TPSA) is 103 Å². The molecule has 10 nitrogen and oxygen atoms in total. The minimum absolute atomic E-state index is 0.0311. The van der Waals surface area contributed by atoms with Gasteiger partial charge in [-0.3, -0.25) is 9.59 Å². The van der Waals surface area contributed by atoms with Crippen molar-refractivity contribution in [3.05, 3.63) is 24.3 Å². The molecule has 3 aliphatic rings. The third kappa shape index (κ3) is 3.93. The molecule has 0 unspecified atom stereocenters. The number of thioether (sulfide) groups is 1. The maximum Gasteiger partial charge on any atom is 0.267 e. The highest BCUT2D eigenvalue weighted by Gasteiger charge is 2.33. The van der Waals surface area contributed by atoms with Gasteiger partial charge in [0.1, 0.15) is 6.61 Å². The highest BCUT2D eigenvalue weighted by Crippen LogP contribution is 2.36. The Balaban J connectivity index is 1.10. The Bertz CT molecular complexity index is 941. The van der Waals surface area contributed by atoms with Gasteiger partial charge >= 0.3 is 0 Å². The Morgan fingerprint density at radius 3 is 2.57 bits per heavy atom. The molecule has 11 heteroatoms. The van der Waals surface area contributed by atoms with Crippen LogP contribution in [0, 0.1) is 0 Å². The molecule has 0 bridgehead atoms. The molecule has 30 heavy (non-hydrogen) atoms. The molecule has 1 aliphatic carbocycles. The molecule has 0 N–H and O–H groups in total. The maximum absolute atomic E-state index is 12.8. The Kier molecular flexibility index (Phi) is 5.19. The van der Waals surface area contributed by atoms with E-state index in [0.29, 0.717) is 48.9 Å². The Labute approximate surface area is 177 Å². The van der Waals surface area contributed by atoms with Crippen molar-refractivity contribution in [2.24, 2.45) is 0 Å². The van der Waals surface area contributed by atoms with E-state index in [0.717, 1.165) is 12.8 Å². The van der Waals surface area contributed by atoms with E-state index in [4.69, 9.17) is 9.47 Å². The van der Waals surface area contributed by atoms with Gasteiger partial charge in [-0.1, -0.05) is 23.9 Å². The Hall–Kier alpha value is -2.82. The average Bonchev–Trinajstić information content (AvgIpc) is 3.54. The minimum atomic E-state index is -0.654. The van der Waals surface area contributed by atoms with Crippen LogP contribution in [0.1, 0.15) is 18.9 Å². The molecule has 1 saturated carbocycles. The van der Waals surface area contributed by atoms with E-state index in [1.54, 1.807) is 20.5 Å². The summed E-state index contributed by atoms with van der Waals surface area (Å²) < 4.78 is 13.3. The van der Waals surface area contributed by atoms with Gasteiger partial charge in [-0.15, -0.1) is 5.10 Å². The molecule has 2 amide bonds. The van der Waals surface area contributed by atoms with Crippen molar-refractivity contribution in [1.82, 2.24) is 30.0 Å². The predicted octanol–water partition coefficient (Wildman–Crippen LogP) is 0.611. The van der Waals surface area contributed by atoms with Gasteiger partial charge in [0.25, 0.3) is 5.91 Å². The predicted molar refractivity (Wildman–Crippen MR) is 106 cm³/mol. The molecule has 0 spiro atoms. The molecule has 158 valence electrons. The fraction of sp³-hybridized carbons (Fsp3) is 0.526. The summed E-state index contributed by atoms with van der Waals surface area (Å²) in [5.74, 6) is 1.46. The van der Waals surface area contributed by atoms with Crippen molar-refractivity contribution < 1.29 is 19.1 Å². The number of hydrogen-bond donors (Lipinski definition) is 0. The molecule has 2 aliphatic heterocycles. The van der Waals surface area contributed by atoms with Crippen molar-refractivity contribution in [2.45, 2.75) is 30.1 Å². The lowest BCUT2D eigenvalue weighted by atomic mass is 10.2. The standard InChI is InChI=1S/C19H22N6O4S/c26-17(12-30-19-20-21-22-25(19)13-5-6-13)23-7-9-24(10-8-23)18(27)16-11-28-14-3-1-2-4-15(14)29-16/h1-4,13,16H,5-12H2/t16-/m0/s1. The van der Waals surface area contributed by atoms with Crippen LogP contribution in [-0.4, -0.2) is 86.5 Å². The van der Waals surface area contributed by atoms with Crippen LogP contribution in [0.15, 0.2) is 29.4 Å². The van der Waals surface area contributed by atoms with Crippen molar-refractivity contribution in [3.63, 3.8) is 0 Å². The van der Waals surface area contributed by atoms with E-state index in [1.807, 2.05) is 18.2 Å². The van der Waals surface area contributed by atoms with E-state index < -0.39 is 6.10 Å². The second-order valence-corrected chi connectivity index (χ2v) is 8.44. The summed E-state index contributed by atoms with van der Waals surface area (Å²) in [6.07, 6.45) is 1.52. The molecule has 2 fully saturated rings. The lowest BCUT2D eigenvalue weighted by Crippen LogP contribution is -2.55. The lowest BCUT2D eigenvalue weighted by Gasteiger charge is -2.37. The second kappa shape index (κ2) is 8.13. The number of amides is 2. The van der Waals surface area contributed by atoms with Gasteiger partial charge in [-0.25, -0.2) is 4.68 Å². The third-order valence-corrected chi connectivity index (χ3v) is 6.33. The van der Waals surface area contributed by atoms with Crippen molar-refractivity contribution in [3.8, 4) is 11.5 Å². The van der Waals surface area contributed by atoms with E-state index in [2.05, 4.69) is 15.5 Å². The highest BCUT2D eigenvalue weighted by molar-refractivity contribution is 7.99. The van der Waals surface area contributed by atoms with Gasteiger partial charge in [0, 0.05) is 26.2 Å². The SMILES string of the molecule is O=C(CSc1nnnn1C1CC1)N1CCN(C(=O)[C@@H]2COc3ccccc3O2)CC1. The van der Waals surface area contributed by atoms with Crippen molar-refractivity contribution >= 4 is 23.6 Å². The van der Waals surface area contributed by atoms with E-state index in [-0.39, 0.29) is 24.2 Å². The zero-order chi connectivity index (χ0) is 20.5. The van der Waals surface area contributed by atoms with Crippen molar-refractivity contribution in [1.29, 1.82) is 0 Å². The van der Waals surface area contributed by atoms with Crippen LogP contribution < -0.4 is 9.47 Å². The fourth-order valence-electron chi connectivity index (χ4n) is 3.57. The van der Waals surface area contributed by atoms with Gasteiger partial charge in [-0.05, 0) is 35.4 Å². The van der Waals surface area contributed by atoms with Crippen LogP contribution in [0.5, 0.6) is 11.5 Å². The zero-order valence-electron chi connectivity index (χ0n) is 16.3. The summed E-state index contributed by atoms with van der Waals surface area (Å²) in [4.78, 5) is 28.9. The smallest absolute Gasteiger partial charge is 0.267 e. The van der Waals surface area contributed by atoms with Gasteiger partial charge in [0.15, 0.2) is 11.5 Å². The number of tetrazole rings is 1. The lowest BCUT2D eigenvalue weighted by molar-refractivity contribution is -0.145. The number of aromatic nitrogens is 4. The molecule has 3 heterocycles. The number of nitrogens with zero attached hydrogens (tertiary/aromatic N) is 6. The monoisotopic (exact) mass is 430 g/mol. The summed E-state index contributed by atoms with van der Waals surface area (Å²) in [6.45, 7) is 2.17. The van der Waals surface area contributed by atoms with Crippen LogP contribution in [0.3, 0.4) is 0 Å². The van der Waals surface area contributed by atoms with Gasteiger partial charge in [0.05, 0.1) is 11.8 Å². The average molecular weight is 430 g/mol. The molecule has 1 aromatic carbocycles. The van der Waals surface area contributed by atoms with Gasteiger partial charge in [0.2, 0.25) is 17.2 Å². The first-order valence-corrected chi connectivity index (χ1v) is 11.0. The summed E-state index contributed by atoms with van der Waals surface area (Å²) in [7, 11) is 0. The highest BCUT2D eigenvalue weighted by atomic mass is 32.2. The van der Waals surface area contributed by atoms with Crippen LogP contribution in [-0.2, 0) is 9.59 Å². The van der Waals surface area contributed by atoms with E-state index in [9.17, 15) is 9.59 Å². The quantitative estimate of drug-likeness (QED) is 0.636. The number of para-hydroxylation sites is 2. The molecule has 5 rings (SSSR count). The third-order valence-electron chi connectivity index (χ3n) is 5.41. The van der Waals surface area contributed by atoms with Crippen LogP contribution in [0.25, 0.3) is 0 Å². The molecule has 1 aromatic heterocycles. The number of carbonyl (C=O) groups excluding carboxylic acids is 2. The molecule has 1 saturated heterocycles. The number of ether oxygens (including phenoxy) is 2. The number of carbonyl (C=O) groups is 2. The molecule has 0 radical (unpaired) electrons. The molecule has 1 atom stereocenters. The zero-order valence-corrected chi connectivity index (χ0v) is 17.2. The number of rotatable bonds is 5. The fourth-order valence-corrected chi connectivity index (χ4v) is 4.41. The summed E-state index contributed by atoms with van der Waals surface area (Å²) >= 11 is 1.37. The number of fused-ring (bicyclic) bond motifs is 1. The first-order valence-electron chi connectivity index (χ1n) is 10.0. The summed E-state index contributed by atoms with van der Waals surface area (Å²) in [5, 5.41) is 12.4. The largest absolute Gasteiger partial charge is 0.485 e. The van der Waals surface area contributed by atoms with Gasteiger partial charge in [-0.2, -0.15) is 0 Å². The minimum Gasteiger partial charge on any atom is -0.485 e. The van der Waals surface area contributed by atoms with Gasteiger partial charge < -0.3 is 19.3 Å². The summed E-state index contributed by atoms with van der Waals surface area (Å²) in [6, 6.07) is 7.71. The van der Waals surface area contributed by atoms with E-state index >= 15 is 0 Å². The first-order chi connectivity index (χ1) is 14.7. The first kappa shape index (κ1) is 19.2. The van der Waals surface area contributed by atoms with Crippen LogP contribution in [0.4, 0.5) is 0 Å².